The number of nitrogens with zero attached hydrogens (tertiary/aromatic N) is 2. The molecule has 0 unspecified atom stereocenters. The Morgan fingerprint density at radius 2 is 2.14 bits per heavy atom. The highest BCUT2D eigenvalue weighted by Crippen LogP contribution is 2.36. The molecule has 108 valence electrons. The summed E-state index contributed by atoms with van der Waals surface area (Å²) in [6, 6.07) is 8.27. The molecule has 1 N–H and O–H groups in total. The van der Waals surface area contributed by atoms with Gasteiger partial charge in [0.2, 0.25) is 0 Å². The van der Waals surface area contributed by atoms with E-state index >= 15 is 0 Å². The molecule has 5 heteroatoms. The van der Waals surface area contributed by atoms with Gasteiger partial charge in [-0.25, -0.2) is 4.98 Å². The minimum absolute atomic E-state index is 0.0258. The molecule has 0 bridgehead atoms. The van der Waals surface area contributed by atoms with Crippen LogP contribution < -0.4 is 0 Å². The Morgan fingerprint density at radius 3 is 2.86 bits per heavy atom. The van der Waals surface area contributed by atoms with Gasteiger partial charge < -0.3 is 9.67 Å². The molecule has 0 aliphatic rings. The van der Waals surface area contributed by atoms with Gasteiger partial charge in [0, 0.05) is 34.1 Å². The average molecular weight is 300 g/mol. The number of carbonyl (C=O) groups is 1. The summed E-state index contributed by atoms with van der Waals surface area (Å²) in [5.74, 6) is -0.848. The SMILES string of the molecule is CCn1c(C)c(-c2nc(CC(=O)O)cs2)c2ccccc21. The molecule has 2 heterocycles. The topological polar surface area (TPSA) is 55.1 Å². The Hall–Kier alpha value is -2.14. The van der Waals surface area contributed by atoms with Crippen molar-refractivity contribution in [2.75, 3.05) is 0 Å². The Labute approximate surface area is 126 Å². The fourth-order valence-electron chi connectivity index (χ4n) is 2.77. The highest BCUT2D eigenvalue weighted by Gasteiger charge is 2.17. The maximum atomic E-state index is 10.8. The molecular formula is C16H16N2O2S. The van der Waals surface area contributed by atoms with Gasteiger partial charge in [0.05, 0.1) is 12.1 Å². The van der Waals surface area contributed by atoms with E-state index in [0.29, 0.717) is 5.69 Å². The smallest absolute Gasteiger partial charge is 0.309 e. The first kappa shape index (κ1) is 13.8. The average Bonchev–Trinajstić information content (AvgIpc) is 2.99. The van der Waals surface area contributed by atoms with E-state index in [1.54, 1.807) is 0 Å². The van der Waals surface area contributed by atoms with Gasteiger partial charge in [-0.05, 0) is 19.9 Å². The van der Waals surface area contributed by atoms with Crippen LogP contribution in [-0.4, -0.2) is 20.6 Å². The predicted molar refractivity (Wildman–Crippen MR) is 84.8 cm³/mol. The number of hydrogen-bond acceptors (Lipinski definition) is 3. The molecule has 2 aromatic heterocycles. The van der Waals surface area contributed by atoms with Crippen molar-refractivity contribution in [3.05, 3.63) is 41.0 Å². The lowest BCUT2D eigenvalue weighted by molar-refractivity contribution is -0.136. The summed E-state index contributed by atoms with van der Waals surface area (Å²) >= 11 is 1.51. The lowest BCUT2D eigenvalue weighted by atomic mass is 10.1. The molecular weight excluding hydrogens is 284 g/mol. The standard InChI is InChI=1S/C16H16N2O2S/c1-3-18-10(2)15(12-6-4-5-7-13(12)18)16-17-11(9-21-16)8-14(19)20/h4-7,9H,3,8H2,1-2H3,(H,19,20). The quantitative estimate of drug-likeness (QED) is 0.799. The maximum absolute atomic E-state index is 10.8. The van der Waals surface area contributed by atoms with Gasteiger partial charge in [0.25, 0.3) is 0 Å². The van der Waals surface area contributed by atoms with Crippen LogP contribution in [0.2, 0.25) is 0 Å². The number of carboxylic acids is 1. The first-order chi connectivity index (χ1) is 10.1. The minimum atomic E-state index is -0.848. The van der Waals surface area contributed by atoms with Crippen molar-refractivity contribution in [3.63, 3.8) is 0 Å². The minimum Gasteiger partial charge on any atom is -0.481 e. The third-order valence-electron chi connectivity index (χ3n) is 3.65. The van der Waals surface area contributed by atoms with Crippen LogP contribution in [0.5, 0.6) is 0 Å². The Balaban J connectivity index is 2.18. The molecule has 3 rings (SSSR count). The summed E-state index contributed by atoms with van der Waals surface area (Å²) < 4.78 is 2.27. The first-order valence-corrected chi connectivity index (χ1v) is 7.74. The summed E-state index contributed by atoms with van der Waals surface area (Å²) in [4.78, 5) is 15.3. The van der Waals surface area contributed by atoms with Gasteiger partial charge in [0.15, 0.2) is 0 Å². The summed E-state index contributed by atoms with van der Waals surface area (Å²) in [5, 5.41) is 12.8. The molecule has 21 heavy (non-hydrogen) atoms. The zero-order chi connectivity index (χ0) is 15.0. The summed E-state index contributed by atoms with van der Waals surface area (Å²) in [5.41, 5.74) is 4.11. The van der Waals surface area contributed by atoms with Crippen molar-refractivity contribution in [3.8, 4) is 10.6 Å². The van der Waals surface area contributed by atoms with Crippen LogP contribution in [0.15, 0.2) is 29.6 Å². The second-order valence-corrected chi connectivity index (χ2v) is 5.79. The number of aromatic nitrogens is 2. The number of carboxylic acid groups (broad SMARTS) is 1. The molecule has 0 atom stereocenters. The van der Waals surface area contributed by atoms with Crippen LogP contribution in [0.1, 0.15) is 18.3 Å². The lowest BCUT2D eigenvalue weighted by Crippen LogP contribution is -2.00. The highest BCUT2D eigenvalue weighted by molar-refractivity contribution is 7.13. The number of rotatable bonds is 4. The van der Waals surface area contributed by atoms with E-state index in [4.69, 9.17) is 5.11 Å². The molecule has 0 aliphatic carbocycles. The van der Waals surface area contributed by atoms with Crippen LogP contribution in [0.4, 0.5) is 0 Å². The molecule has 0 radical (unpaired) electrons. The molecule has 4 nitrogen and oxygen atoms in total. The van der Waals surface area contributed by atoms with E-state index in [2.05, 4.69) is 35.5 Å². The van der Waals surface area contributed by atoms with Crippen LogP contribution in [0.3, 0.4) is 0 Å². The Morgan fingerprint density at radius 1 is 1.38 bits per heavy atom. The van der Waals surface area contributed by atoms with Gasteiger partial charge in [0.1, 0.15) is 5.01 Å². The van der Waals surface area contributed by atoms with Crippen LogP contribution in [0, 0.1) is 6.92 Å². The fraction of sp³-hybridized carbons (Fsp3) is 0.250. The molecule has 0 spiro atoms. The number of hydrogen-bond donors (Lipinski definition) is 1. The monoisotopic (exact) mass is 300 g/mol. The van der Waals surface area contributed by atoms with Gasteiger partial charge in [-0.2, -0.15) is 0 Å². The van der Waals surface area contributed by atoms with E-state index in [1.165, 1.54) is 27.9 Å². The second-order valence-electron chi connectivity index (χ2n) is 4.94. The summed E-state index contributed by atoms with van der Waals surface area (Å²) in [6.45, 7) is 5.12. The Kier molecular flexibility index (Phi) is 3.51. The number of thiazole rings is 1. The number of aliphatic carboxylic acids is 1. The van der Waals surface area contributed by atoms with Crippen LogP contribution in [0.25, 0.3) is 21.5 Å². The normalized spacial score (nSPS) is 11.1. The van der Waals surface area contributed by atoms with E-state index in [9.17, 15) is 4.79 Å². The van der Waals surface area contributed by atoms with Crippen molar-refractivity contribution in [2.45, 2.75) is 26.8 Å². The Bertz CT molecular complexity index is 817. The van der Waals surface area contributed by atoms with Gasteiger partial charge in [-0.15, -0.1) is 11.3 Å². The molecule has 0 fully saturated rings. The largest absolute Gasteiger partial charge is 0.481 e. The molecule has 0 saturated heterocycles. The van der Waals surface area contributed by atoms with Crippen molar-refractivity contribution >= 4 is 28.2 Å². The zero-order valence-corrected chi connectivity index (χ0v) is 12.8. The maximum Gasteiger partial charge on any atom is 0.309 e. The summed E-state index contributed by atoms with van der Waals surface area (Å²) in [7, 11) is 0. The van der Waals surface area contributed by atoms with Crippen LogP contribution >= 0.6 is 11.3 Å². The molecule has 0 saturated carbocycles. The number of fused-ring (bicyclic) bond motifs is 1. The third-order valence-corrected chi connectivity index (χ3v) is 4.55. The predicted octanol–water partition coefficient (Wildman–Crippen LogP) is 3.72. The van der Waals surface area contributed by atoms with Crippen molar-refractivity contribution in [1.82, 2.24) is 9.55 Å². The van der Waals surface area contributed by atoms with E-state index in [0.717, 1.165) is 17.1 Å². The molecule has 0 amide bonds. The number of aryl methyl sites for hydroxylation is 1. The fourth-order valence-corrected chi connectivity index (χ4v) is 3.70. The van der Waals surface area contributed by atoms with Gasteiger partial charge in [-0.1, -0.05) is 18.2 Å². The van der Waals surface area contributed by atoms with Crippen molar-refractivity contribution < 1.29 is 9.90 Å². The molecule has 3 aromatic rings. The summed E-state index contributed by atoms with van der Waals surface area (Å²) in [6.07, 6.45) is -0.0258. The van der Waals surface area contributed by atoms with E-state index < -0.39 is 5.97 Å². The molecule has 0 aliphatic heterocycles. The first-order valence-electron chi connectivity index (χ1n) is 6.86. The molecule has 1 aromatic carbocycles. The lowest BCUT2D eigenvalue weighted by Gasteiger charge is -2.03. The zero-order valence-electron chi connectivity index (χ0n) is 12.0. The van der Waals surface area contributed by atoms with Crippen LogP contribution in [-0.2, 0) is 17.8 Å². The van der Waals surface area contributed by atoms with Crippen molar-refractivity contribution in [1.29, 1.82) is 0 Å². The van der Waals surface area contributed by atoms with Crippen molar-refractivity contribution in [2.24, 2.45) is 0 Å². The van der Waals surface area contributed by atoms with Gasteiger partial charge >= 0.3 is 5.97 Å². The van der Waals surface area contributed by atoms with E-state index in [-0.39, 0.29) is 6.42 Å². The second kappa shape index (κ2) is 5.33. The van der Waals surface area contributed by atoms with E-state index in [1.807, 2.05) is 17.5 Å². The third kappa shape index (κ3) is 2.34. The van der Waals surface area contributed by atoms with Gasteiger partial charge in [-0.3, -0.25) is 4.79 Å². The number of para-hydroxylation sites is 1. The highest BCUT2D eigenvalue weighted by atomic mass is 32.1. The number of benzene rings is 1.